The van der Waals surface area contributed by atoms with Crippen LogP contribution in [0.5, 0.6) is 0 Å². The van der Waals surface area contributed by atoms with Crippen molar-refractivity contribution in [3.8, 4) is 11.1 Å². The Morgan fingerprint density at radius 3 is 1.83 bits per heavy atom. The molecule has 3 heterocycles. The van der Waals surface area contributed by atoms with Crippen LogP contribution in [0.4, 0.5) is 0 Å². The largest absolute Gasteiger partial charge is 0.243 e. The van der Waals surface area contributed by atoms with Crippen LogP contribution in [0.3, 0.4) is 0 Å². The summed E-state index contributed by atoms with van der Waals surface area (Å²) in [5, 5.41) is 0. The summed E-state index contributed by atoms with van der Waals surface area (Å²) in [6.45, 7) is 2.62. The fourth-order valence-corrected chi connectivity index (χ4v) is 6.22. The van der Waals surface area contributed by atoms with Crippen molar-refractivity contribution in [2.45, 2.75) is 26.2 Å². The lowest BCUT2D eigenvalue weighted by Crippen LogP contribution is -2.64. The third-order valence-electron chi connectivity index (χ3n) is 7.34. The van der Waals surface area contributed by atoms with E-state index >= 15 is 0 Å². The van der Waals surface area contributed by atoms with E-state index < -0.39 is 0 Å². The lowest BCUT2D eigenvalue weighted by molar-refractivity contribution is 1.10. The topological polar surface area (TPSA) is 0 Å². The van der Waals surface area contributed by atoms with Gasteiger partial charge < -0.3 is 0 Å². The molecule has 0 aromatic heterocycles. The van der Waals surface area contributed by atoms with Gasteiger partial charge in [-0.3, -0.25) is 0 Å². The number of rotatable bonds is 1. The van der Waals surface area contributed by atoms with Gasteiger partial charge in [0.25, 0.3) is 0 Å². The maximum atomic E-state index is 2.41. The molecule has 0 saturated heterocycles. The SMILES string of the molecule is Cc1cccc(-c2ccc3c4c2Cc2cccc5c2B4c2c(cccc2C3)C5)c1. The lowest BCUT2D eigenvalue weighted by atomic mass is 9.28. The summed E-state index contributed by atoms with van der Waals surface area (Å²) in [6, 6.07) is 27.8. The van der Waals surface area contributed by atoms with Gasteiger partial charge in [0.1, 0.15) is 0 Å². The minimum atomic E-state index is 0.429. The zero-order chi connectivity index (χ0) is 19.1. The van der Waals surface area contributed by atoms with Crippen LogP contribution < -0.4 is 16.4 Å². The van der Waals surface area contributed by atoms with Crippen molar-refractivity contribution in [2.75, 3.05) is 0 Å². The van der Waals surface area contributed by atoms with E-state index in [4.69, 9.17) is 0 Å². The molecular formula is C28H21B. The highest BCUT2D eigenvalue weighted by molar-refractivity contribution is 6.98. The standard InChI is InChI=1S/C28H21B/c1-17-5-2-6-18(13-17)24-12-11-23-15-21-8-3-7-19-14-20-9-4-10-22-16-25(24)28(23)29(26(19)21)27(20)22/h2-13H,14-16H2,1H3. The van der Waals surface area contributed by atoms with Crippen LogP contribution in [0.15, 0.2) is 72.8 Å². The quantitative estimate of drug-likeness (QED) is 0.386. The van der Waals surface area contributed by atoms with Gasteiger partial charge in [0.05, 0.1) is 0 Å². The third-order valence-corrected chi connectivity index (χ3v) is 7.34. The van der Waals surface area contributed by atoms with Gasteiger partial charge in [0.2, 0.25) is 6.71 Å². The normalized spacial score (nSPS) is 14.6. The van der Waals surface area contributed by atoms with Crippen molar-refractivity contribution in [3.05, 3.63) is 112 Å². The number of hydrogen-bond donors (Lipinski definition) is 0. The maximum absolute atomic E-state index is 2.41. The maximum Gasteiger partial charge on any atom is 0.243 e. The van der Waals surface area contributed by atoms with Gasteiger partial charge in [0, 0.05) is 0 Å². The molecule has 29 heavy (non-hydrogen) atoms. The molecule has 3 aliphatic heterocycles. The van der Waals surface area contributed by atoms with Gasteiger partial charge in [-0.15, -0.1) is 0 Å². The Morgan fingerprint density at radius 1 is 0.586 bits per heavy atom. The minimum absolute atomic E-state index is 0.429. The number of aryl methyl sites for hydroxylation is 1. The molecule has 0 radical (unpaired) electrons. The van der Waals surface area contributed by atoms with E-state index in [1.807, 2.05) is 0 Å². The van der Waals surface area contributed by atoms with Crippen LogP contribution >= 0.6 is 0 Å². The van der Waals surface area contributed by atoms with Gasteiger partial charge >= 0.3 is 0 Å². The summed E-state index contributed by atoms with van der Waals surface area (Å²) in [5.74, 6) is 0. The van der Waals surface area contributed by atoms with Crippen molar-refractivity contribution in [1.29, 1.82) is 0 Å². The van der Waals surface area contributed by atoms with Crippen molar-refractivity contribution in [3.63, 3.8) is 0 Å². The van der Waals surface area contributed by atoms with Crippen LogP contribution in [0.1, 0.15) is 38.9 Å². The van der Waals surface area contributed by atoms with Crippen LogP contribution in [0.25, 0.3) is 11.1 Å². The Kier molecular flexibility index (Phi) is 3.01. The lowest BCUT2D eigenvalue weighted by Gasteiger charge is -2.40. The Morgan fingerprint density at radius 2 is 1.17 bits per heavy atom. The molecule has 0 atom stereocenters. The summed E-state index contributed by atoms with van der Waals surface area (Å²) >= 11 is 0. The fourth-order valence-electron chi connectivity index (χ4n) is 6.22. The highest BCUT2D eigenvalue weighted by atomic mass is 14.3. The molecule has 0 saturated carbocycles. The molecule has 0 spiro atoms. The molecule has 136 valence electrons. The zero-order valence-corrected chi connectivity index (χ0v) is 16.6. The monoisotopic (exact) mass is 368 g/mol. The molecule has 0 N–H and O–H groups in total. The molecule has 1 heteroatoms. The van der Waals surface area contributed by atoms with Crippen LogP contribution in [0.2, 0.25) is 0 Å². The summed E-state index contributed by atoms with van der Waals surface area (Å²) in [5.41, 5.74) is 18.2. The molecule has 0 fully saturated rings. The van der Waals surface area contributed by atoms with Crippen LogP contribution in [0, 0.1) is 6.92 Å². The first-order valence-electron chi connectivity index (χ1n) is 10.7. The predicted molar refractivity (Wildman–Crippen MR) is 123 cm³/mol. The Hall–Kier alpha value is -3.06. The summed E-state index contributed by atoms with van der Waals surface area (Å²) in [6.07, 6.45) is 3.22. The molecule has 0 aliphatic carbocycles. The van der Waals surface area contributed by atoms with Gasteiger partial charge in [-0.25, -0.2) is 0 Å². The average Bonchev–Trinajstić information content (AvgIpc) is 2.74. The second-order valence-corrected chi connectivity index (χ2v) is 8.98. The van der Waals surface area contributed by atoms with E-state index in [0.29, 0.717) is 6.71 Å². The van der Waals surface area contributed by atoms with Crippen molar-refractivity contribution in [1.82, 2.24) is 0 Å². The van der Waals surface area contributed by atoms with Crippen molar-refractivity contribution >= 4 is 23.1 Å². The Balaban J connectivity index is 1.58. The van der Waals surface area contributed by atoms with E-state index in [2.05, 4.69) is 79.7 Å². The molecule has 0 unspecified atom stereocenters. The van der Waals surface area contributed by atoms with E-state index in [0.717, 1.165) is 19.3 Å². The van der Waals surface area contributed by atoms with Crippen LogP contribution in [-0.4, -0.2) is 6.71 Å². The first kappa shape index (κ1) is 15.8. The number of hydrogen-bond acceptors (Lipinski definition) is 0. The van der Waals surface area contributed by atoms with Crippen molar-refractivity contribution in [2.24, 2.45) is 0 Å². The van der Waals surface area contributed by atoms with Gasteiger partial charge in [-0.1, -0.05) is 94.7 Å². The average molecular weight is 368 g/mol. The smallest absolute Gasteiger partial charge is 0.0617 e. The molecule has 0 nitrogen and oxygen atoms in total. The molecule has 4 aromatic rings. The van der Waals surface area contributed by atoms with Gasteiger partial charge in [-0.05, 0) is 70.7 Å². The van der Waals surface area contributed by atoms with E-state index in [9.17, 15) is 0 Å². The Bertz CT molecular complexity index is 1310. The first-order chi connectivity index (χ1) is 14.3. The third kappa shape index (κ3) is 2.05. The van der Waals surface area contributed by atoms with Gasteiger partial charge in [0.15, 0.2) is 0 Å². The van der Waals surface area contributed by atoms with E-state index in [-0.39, 0.29) is 0 Å². The summed E-state index contributed by atoms with van der Waals surface area (Å²) in [4.78, 5) is 0. The van der Waals surface area contributed by atoms with Crippen LogP contribution in [-0.2, 0) is 19.3 Å². The highest BCUT2D eigenvalue weighted by Gasteiger charge is 2.42. The molecule has 4 aromatic carbocycles. The number of benzene rings is 4. The predicted octanol–water partition coefficient (Wildman–Crippen LogP) is 3.89. The summed E-state index contributed by atoms with van der Waals surface area (Å²) < 4.78 is 0. The van der Waals surface area contributed by atoms with Crippen molar-refractivity contribution < 1.29 is 0 Å². The fraction of sp³-hybridized carbons (Fsp3) is 0.143. The minimum Gasteiger partial charge on any atom is -0.0617 e. The molecule has 3 aliphatic rings. The zero-order valence-electron chi connectivity index (χ0n) is 16.6. The molecular weight excluding hydrogens is 347 g/mol. The highest BCUT2D eigenvalue weighted by Crippen LogP contribution is 2.33. The molecule has 0 amide bonds. The van der Waals surface area contributed by atoms with Gasteiger partial charge in [-0.2, -0.15) is 0 Å². The van der Waals surface area contributed by atoms with E-state index in [1.165, 1.54) is 44.5 Å². The van der Waals surface area contributed by atoms with E-state index in [1.54, 1.807) is 22.0 Å². The second-order valence-electron chi connectivity index (χ2n) is 8.98. The summed E-state index contributed by atoms with van der Waals surface area (Å²) in [7, 11) is 0. The first-order valence-corrected chi connectivity index (χ1v) is 10.7. The second kappa shape index (κ2) is 5.51. The molecule has 7 rings (SSSR count). The Labute approximate surface area is 172 Å². The molecule has 0 bridgehead atoms.